The number of hydrogen-bond acceptors (Lipinski definition) is 4. The molecule has 0 saturated carbocycles. The molecule has 7 nitrogen and oxygen atoms in total. The number of rotatable bonds is 6. The van der Waals surface area contributed by atoms with Gasteiger partial charge in [-0.25, -0.2) is 9.36 Å². The fraction of sp³-hybridized carbons (Fsp3) is 0.368. The van der Waals surface area contributed by atoms with Gasteiger partial charge in [0.25, 0.3) is 5.56 Å². The lowest BCUT2D eigenvalue weighted by atomic mass is 10.1. The molecular weight excluding hydrogens is 330 g/mol. The van der Waals surface area contributed by atoms with Gasteiger partial charge >= 0.3 is 0 Å². The average molecular weight is 353 g/mol. The van der Waals surface area contributed by atoms with Crippen molar-refractivity contribution in [1.29, 1.82) is 0 Å². The molecule has 0 aliphatic rings. The van der Waals surface area contributed by atoms with Gasteiger partial charge in [0.15, 0.2) is 0 Å². The summed E-state index contributed by atoms with van der Waals surface area (Å²) < 4.78 is 2.86. The van der Waals surface area contributed by atoms with E-state index in [4.69, 9.17) is 0 Å². The van der Waals surface area contributed by atoms with Crippen molar-refractivity contribution in [1.82, 2.24) is 24.9 Å². The minimum Gasteiger partial charge on any atom is -0.355 e. The van der Waals surface area contributed by atoms with Crippen LogP contribution in [0.4, 0.5) is 0 Å². The third-order valence-electron chi connectivity index (χ3n) is 4.12. The van der Waals surface area contributed by atoms with Crippen molar-refractivity contribution in [2.24, 2.45) is 0 Å². The number of benzene rings is 1. The molecule has 0 saturated heterocycles. The molecule has 0 fully saturated rings. The zero-order chi connectivity index (χ0) is 18.7. The summed E-state index contributed by atoms with van der Waals surface area (Å²) in [5.41, 5.74) is 1.67. The molecule has 26 heavy (non-hydrogen) atoms. The Hall–Kier alpha value is -2.96. The molecule has 3 rings (SSSR count). The lowest BCUT2D eigenvalue weighted by Gasteiger charge is -2.12. The number of hydrogen-bond donors (Lipinski definition) is 1. The van der Waals surface area contributed by atoms with Gasteiger partial charge in [0, 0.05) is 11.9 Å². The SMILES string of the molecule is CCCNC(=O)Cn1nc(C(C)C)c2cnn(-c3ccccc3)c2c1=O. The van der Waals surface area contributed by atoms with Gasteiger partial charge in [0.1, 0.15) is 12.1 Å². The lowest BCUT2D eigenvalue weighted by molar-refractivity contribution is -0.121. The lowest BCUT2D eigenvalue weighted by Crippen LogP contribution is -2.35. The Bertz CT molecular complexity index is 973. The maximum atomic E-state index is 13.0. The third-order valence-corrected chi connectivity index (χ3v) is 4.12. The van der Waals surface area contributed by atoms with Gasteiger partial charge in [-0.2, -0.15) is 10.2 Å². The summed E-state index contributed by atoms with van der Waals surface area (Å²) in [4.78, 5) is 25.1. The van der Waals surface area contributed by atoms with Crippen LogP contribution in [0.25, 0.3) is 16.6 Å². The number of carbonyl (C=O) groups excluding carboxylic acids is 1. The molecule has 0 unspecified atom stereocenters. The highest BCUT2D eigenvalue weighted by molar-refractivity contribution is 5.82. The standard InChI is InChI=1S/C19H23N5O2/c1-4-10-20-16(25)12-23-19(26)18-15(17(22-23)13(2)3)11-21-24(18)14-8-6-5-7-9-14/h5-9,11,13H,4,10,12H2,1-3H3,(H,20,25). The molecule has 0 bridgehead atoms. The van der Waals surface area contributed by atoms with Crippen molar-refractivity contribution in [2.45, 2.75) is 39.7 Å². The van der Waals surface area contributed by atoms with Crippen molar-refractivity contribution in [3.8, 4) is 5.69 Å². The first-order valence-corrected chi connectivity index (χ1v) is 8.83. The van der Waals surface area contributed by atoms with Crippen LogP contribution in [-0.4, -0.2) is 32.0 Å². The van der Waals surface area contributed by atoms with Crippen molar-refractivity contribution in [3.63, 3.8) is 0 Å². The van der Waals surface area contributed by atoms with Crippen LogP contribution in [0.3, 0.4) is 0 Å². The van der Waals surface area contributed by atoms with Gasteiger partial charge in [-0.15, -0.1) is 0 Å². The molecule has 136 valence electrons. The predicted octanol–water partition coefficient (Wildman–Crippen LogP) is 2.23. The maximum Gasteiger partial charge on any atom is 0.293 e. The third kappa shape index (κ3) is 3.37. The van der Waals surface area contributed by atoms with E-state index in [0.29, 0.717) is 12.1 Å². The van der Waals surface area contributed by atoms with Crippen LogP contribution in [-0.2, 0) is 11.3 Å². The summed E-state index contributed by atoms with van der Waals surface area (Å²) in [6.07, 6.45) is 2.51. The molecule has 1 amide bonds. The van der Waals surface area contributed by atoms with Gasteiger partial charge < -0.3 is 5.32 Å². The second-order valence-corrected chi connectivity index (χ2v) is 6.51. The minimum atomic E-state index is -0.322. The van der Waals surface area contributed by atoms with Crippen LogP contribution in [0.1, 0.15) is 38.8 Å². The molecule has 1 N–H and O–H groups in total. The molecule has 7 heteroatoms. The summed E-state index contributed by atoms with van der Waals surface area (Å²) in [7, 11) is 0. The second kappa shape index (κ2) is 7.51. The summed E-state index contributed by atoms with van der Waals surface area (Å²) in [5, 5.41) is 12.4. The molecule has 0 aliphatic carbocycles. The van der Waals surface area contributed by atoms with E-state index in [0.717, 1.165) is 23.2 Å². The van der Waals surface area contributed by atoms with E-state index < -0.39 is 0 Å². The molecule has 2 heterocycles. The van der Waals surface area contributed by atoms with E-state index in [-0.39, 0.29) is 23.9 Å². The van der Waals surface area contributed by atoms with Crippen molar-refractivity contribution < 1.29 is 4.79 Å². The largest absolute Gasteiger partial charge is 0.355 e. The molecule has 1 aromatic carbocycles. The van der Waals surface area contributed by atoms with E-state index in [1.54, 1.807) is 10.9 Å². The van der Waals surface area contributed by atoms with Gasteiger partial charge in [-0.1, -0.05) is 39.0 Å². The van der Waals surface area contributed by atoms with Crippen LogP contribution < -0.4 is 10.9 Å². The van der Waals surface area contributed by atoms with E-state index >= 15 is 0 Å². The summed E-state index contributed by atoms with van der Waals surface area (Å²) in [6.45, 7) is 6.47. The Morgan fingerprint density at radius 1 is 1.23 bits per heavy atom. The molecule has 0 atom stereocenters. The van der Waals surface area contributed by atoms with Gasteiger partial charge in [0.2, 0.25) is 5.91 Å². The second-order valence-electron chi connectivity index (χ2n) is 6.51. The fourth-order valence-corrected chi connectivity index (χ4v) is 2.85. The fourth-order valence-electron chi connectivity index (χ4n) is 2.85. The number of nitrogens with zero attached hydrogens (tertiary/aromatic N) is 4. The monoisotopic (exact) mass is 353 g/mol. The highest BCUT2D eigenvalue weighted by Crippen LogP contribution is 2.22. The zero-order valence-electron chi connectivity index (χ0n) is 15.3. The Labute approximate surface area is 151 Å². The molecule has 0 radical (unpaired) electrons. The van der Waals surface area contributed by atoms with Crippen LogP contribution in [0.2, 0.25) is 0 Å². The molecule has 0 spiro atoms. The minimum absolute atomic E-state index is 0.0940. The Morgan fingerprint density at radius 3 is 2.62 bits per heavy atom. The Balaban J connectivity index is 2.16. The van der Waals surface area contributed by atoms with Crippen LogP contribution in [0.15, 0.2) is 41.3 Å². The van der Waals surface area contributed by atoms with Crippen molar-refractivity contribution >= 4 is 16.8 Å². The quantitative estimate of drug-likeness (QED) is 0.737. The van der Waals surface area contributed by atoms with Crippen LogP contribution in [0.5, 0.6) is 0 Å². The highest BCUT2D eigenvalue weighted by atomic mass is 16.2. The molecule has 3 aromatic rings. The highest BCUT2D eigenvalue weighted by Gasteiger charge is 2.19. The predicted molar refractivity (Wildman–Crippen MR) is 101 cm³/mol. The Morgan fingerprint density at radius 2 is 1.96 bits per heavy atom. The van der Waals surface area contributed by atoms with Crippen LogP contribution >= 0.6 is 0 Å². The van der Waals surface area contributed by atoms with E-state index in [2.05, 4.69) is 15.5 Å². The number of carbonyl (C=O) groups is 1. The number of amides is 1. The topological polar surface area (TPSA) is 81.8 Å². The zero-order valence-corrected chi connectivity index (χ0v) is 15.3. The molecule has 0 aliphatic heterocycles. The van der Waals surface area contributed by atoms with Crippen molar-refractivity contribution in [2.75, 3.05) is 6.54 Å². The molecular formula is C19H23N5O2. The Kier molecular flexibility index (Phi) is 5.16. The molecule has 2 aromatic heterocycles. The first-order valence-electron chi connectivity index (χ1n) is 8.83. The van der Waals surface area contributed by atoms with Gasteiger partial charge in [-0.3, -0.25) is 9.59 Å². The van der Waals surface area contributed by atoms with Crippen molar-refractivity contribution in [3.05, 3.63) is 52.6 Å². The van der Waals surface area contributed by atoms with Gasteiger partial charge in [0.05, 0.1) is 17.6 Å². The summed E-state index contributed by atoms with van der Waals surface area (Å²) in [5.74, 6) is -0.127. The normalized spacial score (nSPS) is 11.2. The van der Waals surface area contributed by atoms with E-state index in [9.17, 15) is 9.59 Å². The number of para-hydroxylation sites is 1. The number of fused-ring (bicyclic) bond motifs is 1. The number of nitrogens with one attached hydrogen (secondary N) is 1. The van der Waals surface area contributed by atoms with E-state index in [1.165, 1.54) is 4.68 Å². The van der Waals surface area contributed by atoms with E-state index in [1.807, 2.05) is 51.1 Å². The average Bonchev–Trinajstić information content (AvgIpc) is 3.08. The maximum absolute atomic E-state index is 13.0. The first kappa shape index (κ1) is 17.8. The summed E-state index contributed by atoms with van der Waals surface area (Å²) >= 11 is 0. The first-order chi connectivity index (χ1) is 12.5. The van der Waals surface area contributed by atoms with Gasteiger partial charge in [-0.05, 0) is 24.5 Å². The summed E-state index contributed by atoms with van der Waals surface area (Å²) in [6, 6.07) is 9.47. The smallest absolute Gasteiger partial charge is 0.293 e. The van der Waals surface area contributed by atoms with Crippen LogP contribution in [0, 0.1) is 0 Å². The number of aromatic nitrogens is 4.